The van der Waals surface area contributed by atoms with Crippen LogP contribution in [0.4, 0.5) is 0 Å². The van der Waals surface area contributed by atoms with Gasteiger partial charge in [-0.05, 0) is 52.9 Å². The van der Waals surface area contributed by atoms with Crippen molar-refractivity contribution in [1.82, 2.24) is 14.0 Å². The first kappa shape index (κ1) is 17.8. The van der Waals surface area contributed by atoms with Crippen LogP contribution in [0.3, 0.4) is 0 Å². The van der Waals surface area contributed by atoms with E-state index in [0.717, 1.165) is 22.5 Å². The van der Waals surface area contributed by atoms with E-state index in [9.17, 15) is 0 Å². The van der Waals surface area contributed by atoms with Crippen LogP contribution in [0.15, 0.2) is 91.0 Å². The highest BCUT2D eigenvalue weighted by Crippen LogP contribution is 2.51. The average molecular weight is 414 g/mol. The van der Waals surface area contributed by atoms with Crippen molar-refractivity contribution in [3.63, 3.8) is 0 Å². The van der Waals surface area contributed by atoms with Crippen LogP contribution in [0.5, 0.6) is 0 Å². The molecule has 0 N–H and O–H groups in total. The molecule has 0 saturated carbocycles. The monoisotopic (exact) mass is 413 g/mol. The summed E-state index contributed by atoms with van der Waals surface area (Å²) in [6.07, 6.45) is 0. The number of benzene rings is 4. The Morgan fingerprint density at radius 3 is 2.31 bits per heavy atom. The number of nitrogens with zero attached hydrogens (tertiary/aromatic N) is 3. The van der Waals surface area contributed by atoms with Crippen molar-refractivity contribution in [1.29, 1.82) is 0 Å². The summed E-state index contributed by atoms with van der Waals surface area (Å²) in [5.41, 5.74) is 11.4. The third-order valence-electron chi connectivity index (χ3n) is 6.98. The molecule has 0 fully saturated rings. The number of imidazole rings is 2. The van der Waals surface area contributed by atoms with Gasteiger partial charge in [0.25, 0.3) is 0 Å². The summed E-state index contributed by atoms with van der Waals surface area (Å²) in [6, 6.07) is 32.6. The smallest absolute Gasteiger partial charge is 0.220 e. The van der Waals surface area contributed by atoms with Crippen LogP contribution in [-0.2, 0) is 0 Å². The van der Waals surface area contributed by atoms with E-state index in [2.05, 4.69) is 114 Å². The topological polar surface area (TPSA) is 22.2 Å². The maximum atomic E-state index is 5.09. The summed E-state index contributed by atoms with van der Waals surface area (Å²) in [5, 5.41) is 0. The fourth-order valence-electron chi connectivity index (χ4n) is 5.75. The second-order valence-electron chi connectivity index (χ2n) is 9.11. The molecule has 6 aromatic rings. The number of aromatic nitrogens is 3. The maximum absolute atomic E-state index is 5.09. The lowest BCUT2D eigenvalue weighted by molar-refractivity contribution is 0.573. The minimum absolute atomic E-state index is 0.413. The molecular weight excluding hydrogens is 390 g/mol. The third kappa shape index (κ3) is 2.18. The molecule has 0 spiro atoms. The van der Waals surface area contributed by atoms with Gasteiger partial charge in [0.15, 0.2) is 0 Å². The predicted molar refractivity (Wildman–Crippen MR) is 132 cm³/mol. The lowest BCUT2D eigenvalue weighted by Gasteiger charge is -2.17. The zero-order valence-corrected chi connectivity index (χ0v) is 18.2. The molecule has 0 bridgehead atoms. The molecule has 1 aliphatic carbocycles. The highest BCUT2D eigenvalue weighted by atomic mass is 15.2. The van der Waals surface area contributed by atoms with Crippen molar-refractivity contribution < 1.29 is 0 Å². The molecule has 1 aliphatic rings. The number of para-hydroxylation sites is 3. The fraction of sp³-hybridized carbons (Fsp3) is 0.138. The molecule has 3 heteroatoms. The van der Waals surface area contributed by atoms with E-state index >= 15 is 0 Å². The largest absolute Gasteiger partial charge is 0.278 e. The zero-order chi connectivity index (χ0) is 21.4. The van der Waals surface area contributed by atoms with Gasteiger partial charge in [0, 0.05) is 17.2 Å². The van der Waals surface area contributed by atoms with Gasteiger partial charge in [-0.15, -0.1) is 0 Å². The molecule has 3 nitrogen and oxygen atoms in total. The first-order valence-electron chi connectivity index (χ1n) is 11.3. The van der Waals surface area contributed by atoms with Crippen molar-refractivity contribution >= 4 is 27.8 Å². The van der Waals surface area contributed by atoms with Gasteiger partial charge < -0.3 is 0 Å². The van der Waals surface area contributed by atoms with Crippen LogP contribution in [0.25, 0.3) is 44.7 Å². The Labute approximate surface area is 186 Å². The number of hydrogen-bond donors (Lipinski definition) is 0. The number of hydrogen-bond acceptors (Lipinski definition) is 1. The normalized spacial score (nSPS) is 15.2. The zero-order valence-electron chi connectivity index (χ0n) is 18.2. The molecule has 32 heavy (non-hydrogen) atoms. The van der Waals surface area contributed by atoms with Crippen molar-refractivity contribution in [2.24, 2.45) is 5.92 Å². The first-order chi connectivity index (χ1) is 15.7. The lowest BCUT2D eigenvalue weighted by Crippen LogP contribution is -2.04. The Balaban J connectivity index is 1.73. The lowest BCUT2D eigenvalue weighted by atomic mass is 9.86. The van der Waals surface area contributed by atoms with Crippen molar-refractivity contribution in [3.8, 4) is 16.8 Å². The number of fused-ring (bicyclic) bond motifs is 9. The molecule has 0 aliphatic heterocycles. The standard InChI is InChI=1S/C29H23N3/c1-18(2)26-20-12-6-7-13-21(20)27-22(26)16-17-25-28(27)32-24-15-9-8-14-23(24)30-29(32)31(25)19-10-4-3-5-11-19/h3-18,26H,1-2H3. The van der Waals surface area contributed by atoms with Crippen LogP contribution < -0.4 is 0 Å². The van der Waals surface area contributed by atoms with Crippen LogP contribution >= 0.6 is 0 Å². The molecule has 1 atom stereocenters. The van der Waals surface area contributed by atoms with Gasteiger partial charge in [-0.3, -0.25) is 8.97 Å². The minimum Gasteiger partial charge on any atom is -0.278 e. The van der Waals surface area contributed by atoms with Crippen LogP contribution in [0.1, 0.15) is 30.9 Å². The molecule has 154 valence electrons. The van der Waals surface area contributed by atoms with Crippen LogP contribution in [-0.4, -0.2) is 14.0 Å². The van der Waals surface area contributed by atoms with Gasteiger partial charge in [-0.2, -0.15) is 0 Å². The van der Waals surface area contributed by atoms with E-state index < -0.39 is 0 Å². The van der Waals surface area contributed by atoms with E-state index in [1.807, 2.05) is 0 Å². The van der Waals surface area contributed by atoms with Gasteiger partial charge in [0.2, 0.25) is 5.78 Å². The molecule has 0 radical (unpaired) electrons. The maximum Gasteiger partial charge on any atom is 0.220 e. The minimum atomic E-state index is 0.413. The van der Waals surface area contributed by atoms with E-state index in [0.29, 0.717) is 11.8 Å². The van der Waals surface area contributed by atoms with Gasteiger partial charge in [0.05, 0.1) is 22.1 Å². The van der Waals surface area contributed by atoms with Crippen LogP contribution in [0, 0.1) is 5.92 Å². The first-order valence-corrected chi connectivity index (χ1v) is 11.3. The van der Waals surface area contributed by atoms with E-state index in [-0.39, 0.29) is 0 Å². The Hall–Kier alpha value is -3.85. The molecule has 7 rings (SSSR count). The van der Waals surface area contributed by atoms with Gasteiger partial charge >= 0.3 is 0 Å². The molecule has 2 aromatic heterocycles. The molecule has 1 unspecified atom stereocenters. The summed E-state index contributed by atoms with van der Waals surface area (Å²) in [5.74, 6) is 1.91. The molecule has 0 saturated heterocycles. The van der Waals surface area contributed by atoms with E-state index in [1.165, 1.54) is 33.3 Å². The Morgan fingerprint density at radius 1 is 0.719 bits per heavy atom. The fourth-order valence-corrected chi connectivity index (χ4v) is 5.75. The highest BCUT2D eigenvalue weighted by molar-refractivity contribution is 6.04. The molecule has 0 amide bonds. The second kappa shape index (κ2) is 6.33. The Kier molecular flexibility index (Phi) is 3.52. The summed E-state index contributed by atoms with van der Waals surface area (Å²) in [4.78, 5) is 5.09. The third-order valence-corrected chi connectivity index (χ3v) is 6.98. The quantitative estimate of drug-likeness (QED) is 0.294. The summed E-state index contributed by atoms with van der Waals surface area (Å²) in [7, 11) is 0. The van der Waals surface area contributed by atoms with E-state index in [1.54, 1.807) is 0 Å². The molecule has 4 aromatic carbocycles. The second-order valence-corrected chi connectivity index (χ2v) is 9.11. The van der Waals surface area contributed by atoms with Crippen molar-refractivity contribution in [2.75, 3.05) is 0 Å². The van der Waals surface area contributed by atoms with Crippen LogP contribution in [0.2, 0.25) is 0 Å². The summed E-state index contributed by atoms with van der Waals surface area (Å²) in [6.45, 7) is 4.66. The van der Waals surface area contributed by atoms with Crippen molar-refractivity contribution in [3.05, 3.63) is 102 Å². The Morgan fingerprint density at radius 2 is 1.47 bits per heavy atom. The Bertz CT molecular complexity index is 1650. The SMILES string of the molecule is CC(C)C1c2ccccc2-c2c1ccc1c2n2c3ccccc3nc2n1-c1ccccc1. The number of rotatable bonds is 2. The van der Waals surface area contributed by atoms with E-state index in [4.69, 9.17) is 4.98 Å². The predicted octanol–water partition coefficient (Wildman–Crippen LogP) is 7.20. The van der Waals surface area contributed by atoms with Gasteiger partial charge in [-0.1, -0.05) is 74.5 Å². The summed E-state index contributed by atoms with van der Waals surface area (Å²) >= 11 is 0. The van der Waals surface area contributed by atoms with Gasteiger partial charge in [0.1, 0.15) is 0 Å². The van der Waals surface area contributed by atoms with Gasteiger partial charge in [-0.25, -0.2) is 4.98 Å². The van der Waals surface area contributed by atoms with Crippen molar-refractivity contribution in [2.45, 2.75) is 19.8 Å². The average Bonchev–Trinajstić information content (AvgIpc) is 3.45. The highest BCUT2D eigenvalue weighted by Gasteiger charge is 2.34. The molecular formula is C29H23N3. The molecule has 2 heterocycles. The summed E-state index contributed by atoms with van der Waals surface area (Å²) < 4.78 is 4.68.